The van der Waals surface area contributed by atoms with Crippen molar-refractivity contribution in [1.82, 2.24) is 9.78 Å². The fourth-order valence-corrected chi connectivity index (χ4v) is 1.03. The van der Waals surface area contributed by atoms with Crippen molar-refractivity contribution in [1.29, 1.82) is 0 Å². The van der Waals surface area contributed by atoms with Gasteiger partial charge in [-0.1, -0.05) is 11.6 Å². The second-order valence-corrected chi connectivity index (χ2v) is 2.46. The zero-order valence-electron chi connectivity index (χ0n) is 6.12. The van der Waals surface area contributed by atoms with Crippen molar-refractivity contribution in [3.8, 4) is 0 Å². The maximum atomic E-state index is 12.1. The van der Waals surface area contributed by atoms with Crippen molar-refractivity contribution in [2.45, 2.75) is 6.67 Å². The molecule has 0 aromatic carbocycles. The van der Waals surface area contributed by atoms with Crippen LogP contribution in [0.2, 0.25) is 5.15 Å². The maximum Gasteiger partial charge on any atom is 0.331 e. The fourth-order valence-electron chi connectivity index (χ4n) is 0.815. The van der Waals surface area contributed by atoms with E-state index in [0.717, 1.165) is 4.68 Å². The first kappa shape index (κ1) is 8.92. The van der Waals surface area contributed by atoms with Crippen LogP contribution in [0.1, 0.15) is 5.69 Å². The summed E-state index contributed by atoms with van der Waals surface area (Å²) in [5.41, 5.74) is -0.700. The number of alkyl halides is 1. The molecule has 1 aromatic rings. The number of nitrogens with zero attached hydrogens (tertiary/aromatic N) is 3. The third-order valence-corrected chi connectivity index (χ3v) is 1.76. The van der Waals surface area contributed by atoms with Gasteiger partial charge in [0.2, 0.25) is 5.15 Å². The summed E-state index contributed by atoms with van der Waals surface area (Å²) in [6.45, 7) is -0.989. The molecule has 0 spiro atoms. The molecule has 0 unspecified atom stereocenters. The van der Waals surface area contributed by atoms with E-state index in [-0.39, 0.29) is 10.8 Å². The summed E-state index contributed by atoms with van der Waals surface area (Å²) < 4.78 is 13.2. The van der Waals surface area contributed by atoms with Gasteiger partial charge in [0.1, 0.15) is 6.67 Å². The number of halogens is 2. The van der Waals surface area contributed by atoms with E-state index >= 15 is 0 Å². The Kier molecular flexibility index (Phi) is 2.27. The van der Waals surface area contributed by atoms with Crippen LogP contribution in [0.3, 0.4) is 0 Å². The smallest absolute Gasteiger partial charge is 0.258 e. The summed E-state index contributed by atoms with van der Waals surface area (Å²) in [5, 5.41) is 13.7. The number of rotatable bonds is 2. The van der Waals surface area contributed by atoms with Gasteiger partial charge in [-0.05, 0) is 0 Å². The molecule has 5 nitrogen and oxygen atoms in total. The predicted octanol–water partition coefficient (Wildman–Crippen LogP) is 1.45. The molecule has 0 aliphatic rings. The van der Waals surface area contributed by atoms with Gasteiger partial charge in [-0.25, -0.2) is 4.39 Å². The van der Waals surface area contributed by atoms with Crippen LogP contribution in [0.5, 0.6) is 0 Å². The van der Waals surface area contributed by atoms with Gasteiger partial charge >= 0.3 is 5.69 Å². The molecule has 0 radical (unpaired) electrons. The second kappa shape index (κ2) is 3.06. The summed E-state index contributed by atoms with van der Waals surface area (Å²) in [5.74, 6) is 0. The summed E-state index contributed by atoms with van der Waals surface area (Å²) in [6, 6.07) is 0. The maximum absolute atomic E-state index is 12.1. The van der Waals surface area contributed by atoms with Crippen molar-refractivity contribution in [2.75, 3.05) is 0 Å². The highest BCUT2D eigenvalue weighted by Crippen LogP contribution is 2.27. The summed E-state index contributed by atoms with van der Waals surface area (Å²) in [7, 11) is 1.41. The van der Waals surface area contributed by atoms with Crippen molar-refractivity contribution in [3.63, 3.8) is 0 Å². The Labute approximate surface area is 71.9 Å². The molecule has 0 atom stereocenters. The molecule has 0 aliphatic carbocycles. The average molecular weight is 194 g/mol. The zero-order chi connectivity index (χ0) is 9.30. The largest absolute Gasteiger partial charge is 0.331 e. The number of hydrogen-bond acceptors (Lipinski definition) is 3. The van der Waals surface area contributed by atoms with Crippen LogP contribution in [0, 0.1) is 10.1 Å². The van der Waals surface area contributed by atoms with E-state index in [1.807, 2.05) is 0 Å². The Balaban J connectivity index is 3.31. The van der Waals surface area contributed by atoms with Crippen molar-refractivity contribution in [2.24, 2.45) is 7.05 Å². The molecular formula is C5H5ClFN3O2. The summed E-state index contributed by atoms with van der Waals surface area (Å²) in [4.78, 5) is 9.57. The number of nitro groups is 1. The van der Waals surface area contributed by atoms with Gasteiger partial charge in [-0.15, -0.1) is 0 Å². The Morgan fingerprint density at radius 1 is 1.83 bits per heavy atom. The summed E-state index contributed by atoms with van der Waals surface area (Å²) in [6.07, 6.45) is 0. The van der Waals surface area contributed by atoms with Gasteiger partial charge in [-0.3, -0.25) is 14.8 Å². The van der Waals surface area contributed by atoms with Gasteiger partial charge in [0.25, 0.3) is 0 Å². The lowest BCUT2D eigenvalue weighted by atomic mass is 10.4. The van der Waals surface area contributed by atoms with Crippen LogP contribution in [0.25, 0.3) is 0 Å². The van der Waals surface area contributed by atoms with Gasteiger partial charge < -0.3 is 0 Å². The van der Waals surface area contributed by atoms with Crippen LogP contribution in [-0.4, -0.2) is 14.7 Å². The lowest BCUT2D eigenvalue weighted by Crippen LogP contribution is -1.90. The zero-order valence-corrected chi connectivity index (χ0v) is 6.88. The lowest BCUT2D eigenvalue weighted by molar-refractivity contribution is -0.385. The van der Waals surface area contributed by atoms with E-state index < -0.39 is 17.3 Å². The molecule has 1 aromatic heterocycles. The van der Waals surface area contributed by atoms with E-state index in [0.29, 0.717) is 0 Å². The molecule has 0 saturated heterocycles. The van der Waals surface area contributed by atoms with Gasteiger partial charge in [0.05, 0.1) is 4.92 Å². The van der Waals surface area contributed by atoms with E-state index in [2.05, 4.69) is 5.10 Å². The van der Waals surface area contributed by atoms with E-state index in [4.69, 9.17) is 11.6 Å². The molecule has 0 amide bonds. The minimum Gasteiger partial charge on any atom is -0.258 e. The third kappa shape index (κ3) is 1.25. The first-order valence-corrected chi connectivity index (χ1v) is 3.37. The molecule has 7 heteroatoms. The standard InChI is InChI=1S/C5H5ClFN3O2/c1-9-5(6)4(10(11)12)3(2-7)8-9/h2H2,1H3. The molecule has 1 heterocycles. The number of aryl methyl sites for hydroxylation is 1. The van der Waals surface area contributed by atoms with Crippen LogP contribution in [0.15, 0.2) is 0 Å². The first-order valence-electron chi connectivity index (χ1n) is 2.99. The lowest BCUT2D eigenvalue weighted by Gasteiger charge is -1.87. The topological polar surface area (TPSA) is 61.0 Å². The molecule has 0 N–H and O–H groups in total. The Hall–Kier alpha value is -1.17. The molecule has 12 heavy (non-hydrogen) atoms. The Bertz CT molecular complexity index is 325. The minimum atomic E-state index is -0.989. The third-order valence-electron chi connectivity index (χ3n) is 1.33. The number of hydrogen-bond donors (Lipinski definition) is 0. The molecule has 66 valence electrons. The van der Waals surface area contributed by atoms with E-state index in [1.165, 1.54) is 7.05 Å². The first-order chi connectivity index (χ1) is 5.57. The molecule has 0 saturated carbocycles. The Morgan fingerprint density at radius 3 is 2.75 bits per heavy atom. The minimum absolute atomic E-state index is 0.160. The fraction of sp³-hybridized carbons (Fsp3) is 0.400. The van der Waals surface area contributed by atoms with Gasteiger partial charge in [0, 0.05) is 7.05 Å². The van der Waals surface area contributed by atoms with E-state index in [1.54, 1.807) is 0 Å². The predicted molar refractivity (Wildman–Crippen MR) is 39.7 cm³/mol. The van der Waals surface area contributed by atoms with Crippen LogP contribution >= 0.6 is 11.6 Å². The highest BCUT2D eigenvalue weighted by atomic mass is 35.5. The highest BCUT2D eigenvalue weighted by Gasteiger charge is 2.24. The van der Waals surface area contributed by atoms with Gasteiger partial charge in [-0.2, -0.15) is 5.10 Å². The van der Waals surface area contributed by atoms with E-state index in [9.17, 15) is 14.5 Å². The quantitative estimate of drug-likeness (QED) is 0.528. The van der Waals surface area contributed by atoms with Crippen molar-refractivity contribution >= 4 is 17.3 Å². The average Bonchev–Trinajstić information content (AvgIpc) is 2.28. The van der Waals surface area contributed by atoms with Crippen molar-refractivity contribution < 1.29 is 9.31 Å². The van der Waals surface area contributed by atoms with Crippen LogP contribution in [-0.2, 0) is 13.7 Å². The normalized spacial score (nSPS) is 10.2. The van der Waals surface area contributed by atoms with Crippen LogP contribution < -0.4 is 0 Å². The molecule has 0 aliphatic heterocycles. The molecular weight excluding hydrogens is 189 g/mol. The molecule has 0 bridgehead atoms. The van der Waals surface area contributed by atoms with Crippen molar-refractivity contribution in [3.05, 3.63) is 21.0 Å². The second-order valence-electron chi connectivity index (χ2n) is 2.10. The molecule has 0 fully saturated rings. The monoisotopic (exact) mass is 193 g/mol. The number of aromatic nitrogens is 2. The van der Waals surface area contributed by atoms with Crippen LogP contribution in [0.4, 0.5) is 10.1 Å². The molecule has 1 rings (SSSR count). The summed E-state index contributed by atoms with van der Waals surface area (Å²) >= 11 is 5.48. The Morgan fingerprint density at radius 2 is 2.42 bits per heavy atom. The highest BCUT2D eigenvalue weighted by molar-refractivity contribution is 6.31. The van der Waals surface area contributed by atoms with Gasteiger partial charge in [0.15, 0.2) is 5.69 Å². The SMILES string of the molecule is Cn1nc(CF)c([N+](=O)[O-])c1Cl.